The lowest BCUT2D eigenvalue weighted by molar-refractivity contribution is 0.669. The quantitative estimate of drug-likeness (QED) is 0.172. The van der Waals surface area contributed by atoms with E-state index in [4.69, 9.17) is 22.2 Å². The minimum atomic E-state index is -0.830. The van der Waals surface area contributed by atoms with Gasteiger partial charge in [-0.05, 0) is 118 Å². The Kier molecular flexibility index (Phi) is 3.55. The van der Waals surface area contributed by atoms with Gasteiger partial charge in [-0.1, -0.05) is 121 Å². The SMILES string of the molecule is [2H]c1cc([2H])c([2H])c(-c2c([2H])cc([2H])c(-c3c([2H])c([2H])c4oc5c([2H])cc(-n6c7cc([2H])c([2H])c([2H])c7c7c([2H])c(-c8c([2H])c([2H])c9c(c8[2H])c8c([2H])c([2H])c([2H])c([2H])c8n9-c8ccccc8)c([2H])c([2H])c76)c([2H])c5c4c3[2H])c2[2H])c1. The zero-order chi connectivity index (χ0) is 58.3. The van der Waals surface area contributed by atoms with E-state index < -0.39 is 172 Å². The van der Waals surface area contributed by atoms with Crippen LogP contribution >= 0.6 is 0 Å². The molecule has 0 aliphatic carbocycles. The van der Waals surface area contributed by atoms with Crippen molar-refractivity contribution in [2.75, 3.05) is 0 Å². The molecule has 12 rings (SSSR count). The standard InChI is InChI=1S/C54H34N2O/c1-3-12-35(13-4-1)36-14-11-15-37(30-36)40-24-28-53-47(33-40)48-34-42(25-29-54(48)57-53)56-50-21-10-8-19-44(50)46-32-39(23-27-52(46)56)38-22-26-51-45(31-38)43-18-7-9-20-49(43)55(51)41-16-5-2-6-17-41/h1-34H/i3D,4D,7D,8D,9D,10D,12D,14D,15D,18D,19D,20D,22D,23D,24D,26D,27D,28D,29D,30D,31D,32D,33D,34D. The van der Waals surface area contributed by atoms with Gasteiger partial charge in [-0.15, -0.1) is 0 Å². The van der Waals surface area contributed by atoms with E-state index in [9.17, 15) is 15.1 Å². The van der Waals surface area contributed by atoms with Crippen molar-refractivity contribution in [1.82, 2.24) is 9.13 Å². The second kappa shape index (κ2) is 12.5. The van der Waals surface area contributed by atoms with Crippen LogP contribution in [0, 0.1) is 0 Å². The predicted octanol–water partition coefficient (Wildman–Crippen LogP) is 14.8. The summed E-state index contributed by atoms with van der Waals surface area (Å²) in [5, 5.41) is -1.79. The zero-order valence-electron chi connectivity index (χ0n) is 53.1. The molecule has 3 aromatic heterocycles. The summed E-state index contributed by atoms with van der Waals surface area (Å²) < 4.78 is 228. The summed E-state index contributed by atoms with van der Waals surface area (Å²) in [4.78, 5) is 0. The van der Waals surface area contributed by atoms with Gasteiger partial charge in [-0.25, -0.2) is 0 Å². The Labute approximate surface area is 362 Å². The second-order valence-corrected chi connectivity index (χ2v) is 13.0. The third kappa shape index (κ3) is 4.99. The van der Waals surface area contributed by atoms with Crippen LogP contribution < -0.4 is 0 Å². The fourth-order valence-corrected chi connectivity index (χ4v) is 7.21. The largest absolute Gasteiger partial charge is 0.456 e. The summed E-state index contributed by atoms with van der Waals surface area (Å²) in [6.07, 6.45) is 0. The van der Waals surface area contributed by atoms with Crippen molar-refractivity contribution in [2.45, 2.75) is 0 Å². The second-order valence-electron chi connectivity index (χ2n) is 13.0. The van der Waals surface area contributed by atoms with E-state index in [0.29, 0.717) is 5.69 Å². The third-order valence-corrected chi connectivity index (χ3v) is 9.74. The Balaban J connectivity index is 1.18. The molecule has 57 heavy (non-hydrogen) atoms. The highest BCUT2D eigenvalue weighted by atomic mass is 16.3. The summed E-state index contributed by atoms with van der Waals surface area (Å²) in [7, 11) is 0. The summed E-state index contributed by atoms with van der Waals surface area (Å²) >= 11 is 0. The number of para-hydroxylation sites is 3. The first kappa shape index (κ1) is 16.2. The topological polar surface area (TPSA) is 23.0 Å². The number of furan rings is 1. The minimum Gasteiger partial charge on any atom is -0.456 e. The molecule has 0 amide bonds. The Morgan fingerprint density at radius 1 is 0.316 bits per heavy atom. The molecule has 0 radical (unpaired) electrons. The maximum Gasteiger partial charge on any atom is 0.135 e. The van der Waals surface area contributed by atoms with Crippen molar-refractivity contribution in [3.63, 3.8) is 0 Å². The molecule has 12 aromatic rings. The summed E-state index contributed by atoms with van der Waals surface area (Å²) in [5.41, 5.74) is -4.36. The maximum atomic E-state index is 9.95. The van der Waals surface area contributed by atoms with Crippen LogP contribution in [0.15, 0.2) is 210 Å². The van der Waals surface area contributed by atoms with Gasteiger partial charge in [-0.2, -0.15) is 0 Å². The number of hydrogen-bond donors (Lipinski definition) is 0. The molecular formula is C54H34N2O. The van der Waals surface area contributed by atoms with Crippen LogP contribution in [0.3, 0.4) is 0 Å². The molecular weight excluding hydrogens is 693 g/mol. The van der Waals surface area contributed by atoms with Gasteiger partial charge in [0.25, 0.3) is 0 Å². The van der Waals surface area contributed by atoms with Gasteiger partial charge < -0.3 is 13.6 Å². The monoisotopic (exact) mass is 750 g/mol. The molecule has 0 aliphatic heterocycles. The first-order valence-corrected chi connectivity index (χ1v) is 17.5. The van der Waals surface area contributed by atoms with Crippen LogP contribution in [0.5, 0.6) is 0 Å². The molecule has 3 heterocycles. The number of nitrogens with zero attached hydrogens (tertiary/aromatic N) is 2. The lowest BCUT2D eigenvalue weighted by atomic mass is 9.98. The molecule has 0 N–H and O–H groups in total. The van der Waals surface area contributed by atoms with Crippen molar-refractivity contribution in [2.24, 2.45) is 0 Å². The van der Waals surface area contributed by atoms with E-state index in [-0.39, 0.29) is 77.3 Å². The van der Waals surface area contributed by atoms with E-state index in [2.05, 4.69) is 0 Å². The third-order valence-electron chi connectivity index (χ3n) is 9.74. The Morgan fingerprint density at radius 2 is 0.930 bits per heavy atom. The number of benzene rings is 9. The van der Waals surface area contributed by atoms with E-state index in [1.165, 1.54) is 4.57 Å². The molecule has 0 unspecified atom stereocenters. The van der Waals surface area contributed by atoms with Crippen LogP contribution in [-0.4, -0.2) is 9.13 Å². The molecule has 0 spiro atoms. The summed E-state index contributed by atoms with van der Waals surface area (Å²) in [5.74, 6) is 0. The molecule has 3 heteroatoms. The highest BCUT2D eigenvalue weighted by Gasteiger charge is 2.17. The number of fused-ring (bicyclic) bond motifs is 9. The fraction of sp³-hybridized carbons (Fsp3) is 0. The van der Waals surface area contributed by atoms with E-state index in [0.717, 1.165) is 34.9 Å². The van der Waals surface area contributed by atoms with Gasteiger partial charge in [0.2, 0.25) is 0 Å². The van der Waals surface area contributed by atoms with E-state index in [1.807, 2.05) is 0 Å². The normalized spacial score (nSPS) is 17.8. The molecule has 0 bridgehead atoms. The highest BCUT2D eigenvalue weighted by Crippen LogP contribution is 2.40. The highest BCUT2D eigenvalue weighted by molar-refractivity contribution is 6.13. The zero-order valence-corrected chi connectivity index (χ0v) is 29.1. The van der Waals surface area contributed by atoms with Crippen LogP contribution in [0.25, 0.3) is 110 Å². The molecule has 0 saturated carbocycles. The fourth-order valence-electron chi connectivity index (χ4n) is 7.21. The lowest BCUT2D eigenvalue weighted by Crippen LogP contribution is -1.93. The molecule has 266 valence electrons. The molecule has 0 aliphatic rings. The Bertz CT molecular complexity index is 4930. The first-order chi connectivity index (χ1) is 38.2. The molecule has 0 atom stereocenters. The molecule has 0 saturated heterocycles. The number of aromatic nitrogens is 2. The van der Waals surface area contributed by atoms with Crippen LogP contribution in [0.1, 0.15) is 32.9 Å². The van der Waals surface area contributed by atoms with Gasteiger partial charge in [-0.3, -0.25) is 0 Å². The van der Waals surface area contributed by atoms with Gasteiger partial charge in [0, 0.05) is 43.7 Å². The summed E-state index contributed by atoms with van der Waals surface area (Å²) in [6, 6.07) is -0.871. The van der Waals surface area contributed by atoms with Crippen molar-refractivity contribution in [1.29, 1.82) is 0 Å². The van der Waals surface area contributed by atoms with Crippen molar-refractivity contribution >= 4 is 65.6 Å². The van der Waals surface area contributed by atoms with Crippen LogP contribution in [0.4, 0.5) is 0 Å². The summed E-state index contributed by atoms with van der Waals surface area (Å²) in [6.45, 7) is 0. The molecule has 3 nitrogen and oxygen atoms in total. The van der Waals surface area contributed by atoms with Gasteiger partial charge in [0.1, 0.15) is 11.2 Å². The number of hydrogen-bond acceptors (Lipinski definition) is 1. The van der Waals surface area contributed by atoms with Crippen LogP contribution in [-0.2, 0) is 0 Å². The van der Waals surface area contributed by atoms with Gasteiger partial charge in [0.15, 0.2) is 0 Å². The predicted molar refractivity (Wildman–Crippen MR) is 239 cm³/mol. The minimum absolute atomic E-state index is 0.126. The maximum absolute atomic E-state index is 9.95. The smallest absolute Gasteiger partial charge is 0.135 e. The van der Waals surface area contributed by atoms with E-state index >= 15 is 0 Å². The Hall–Kier alpha value is -7.62. The lowest BCUT2D eigenvalue weighted by Gasteiger charge is -2.10. The first-order valence-electron chi connectivity index (χ1n) is 29.5. The van der Waals surface area contributed by atoms with Gasteiger partial charge in [0.05, 0.1) is 55.0 Å². The Morgan fingerprint density at radius 3 is 1.74 bits per heavy atom. The van der Waals surface area contributed by atoms with Gasteiger partial charge >= 0.3 is 0 Å². The number of rotatable bonds is 5. The van der Waals surface area contributed by atoms with Crippen molar-refractivity contribution in [3.05, 3.63) is 206 Å². The van der Waals surface area contributed by atoms with Crippen molar-refractivity contribution < 1.29 is 37.3 Å². The average molecular weight is 751 g/mol. The average Bonchev–Trinajstić information content (AvgIpc) is 2.04. The molecule has 0 fully saturated rings. The molecule has 9 aromatic carbocycles. The van der Waals surface area contributed by atoms with Crippen LogP contribution in [0.2, 0.25) is 0 Å². The van der Waals surface area contributed by atoms with E-state index in [1.54, 1.807) is 30.3 Å². The van der Waals surface area contributed by atoms with Crippen molar-refractivity contribution in [3.8, 4) is 44.8 Å².